The molecule has 68 valence electrons. The zero-order chi connectivity index (χ0) is 8.81. The van der Waals surface area contributed by atoms with Gasteiger partial charge in [0.25, 0.3) is 0 Å². The third kappa shape index (κ3) is 3.18. The molecule has 0 N–H and O–H groups in total. The quantitative estimate of drug-likeness (QED) is 0.473. The van der Waals surface area contributed by atoms with Crippen LogP contribution in [0.25, 0.3) is 0 Å². The third-order valence-electron chi connectivity index (χ3n) is 2.25. The van der Waals surface area contributed by atoms with Gasteiger partial charge in [0.15, 0.2) is 0 Å². The molecule has 0 bridgehead atoms. The maximum atomic E-state index is 10.9. The van der Waals surface area contributed by atoms with Gasteiger partial charge in [-0.1, -0.05) is 6.08 Å². The first-order valence-electron chi connectivity index (χ1n) is 4.53. The summed E-state index contributed by atoms with van der Waals surface area (Å²) in [6.45, 7) is 5.00. The van der Waals surface area contributed by atoms with E-state index in [1.807, 2.05) is 0 Å². The van der Waals surface area contributed by atoms with Crippen molar-refractivity contribution in [2.24, 2.45) is 5.92 Å². The summed E-state index contributed by atoms with van der Waals surface area (Å²) < 4.78 is 5.33. The van der Waals surface area contributed by atoms with E-state index < -0.39 is 0 Å². The summed E-state index contributed by atoms with van der Waals surface area (Å²) in [5, 5.41) is 0. The summed E-state index contributed by atoms with van der Waals surface area (Å²) >= 11 is 0. The summed E-state index contributed by atoms with van der Waals surface area (Å²) in [6.07, 6.45) is 5.28. The van der Waals surface area contributed by atoms with Gasteiger partial charge in [-0.25, -0.2) is 0 Å². The van der Waals surface area contributed by atoms with Gasteiger partial charge in [-0.2, -0.15) is 0 Å². The predicted molar refractivity (Wildman–Crippen MR) is 48.0 cm³/mol. The van der Waals surface area contributed by atoms with Gasteiger partial charge in [-0.3, -0.25) is 4.79 Å². The number of rotatable bonds is 4. The third-order valence-corrected chi connectivity index (χ3v) is 2.25. The summed E-state index contributed by atoms with van der Waals surface area (Å²) in [5.41, 5.74) is 0. The Bertz CT molecular complexity index is 153. The zero-order valence-corrected chi connectivity index (χ0v) is 7.42. The van der Waals surface area contributed by atoms with Crippen LogP contribution in [0, 0.1) is 5.92 Å². The van der Waals surface area contributed by atoms with Gasteiger partial charge in [-0.05, 0) is 18.8 Å². The fraction of sp³-hybridized carbons (Fsp3) is 0.700. The zero-order valence-electron chi connectivity index (χ0n) is 7.42. The second-order valence-electron chi connectivity index (χ2n) is 3.31. The van der Waals surface area contributed by atoms with E-state index in [9.17, 15) is 4.79 Å². The summed E-state index contributed by atoms with van der Waals surface area (Å²) in [5.74, 6) is 1.01. The van der Waals surface area contributed by atoms with Crippen LogP contribution in [0.5, 0.6) is 0 Å². The molecule has 1 fully saturated rings. The molecule has 1 rings (SSSR count). The molecule has 0 atom stereocenters. The SMILES string of the molecule is C=CCOCC1CCC(=O)CC1. The summed E-state index contributed by atoms with van der Waals surface area (Å²) in [6, 6.07) is 0. The molecule has 2 heteroatoms. The lowest BCUT2D eigenvalue weighted by Gasteiger charge is -2.20. The topological polar surface area (TPSA) is 26.3 Å². The van der Waals surface area contributed by atoms with Crippen molar-refractivity contribution in [3.8, 4) is 0 Å². The number of carbonyl (C=O) groups excluding carboxylic acids is 1. The molecule has 1 aliphatic rings. The molecule has 0 unspecified atom stereocenters. The Kier molecular flexibility index (Phi) is 4.01. The molecule has 0 spiro atoms. The van der Waals surface area contributed by atoms with Crippen LogP contribution in [0.2, 0.25) is 0 Å². The molecular weight excluding hydrogens is 152 g/mol. The minimum atomic E-state index is 0.412. The highest BCUT2D eigenvalue weighted by atomic mass is 16.5. The molecule has 1 saturated carbocycles. The van der Waals surface area contributed by atoms with Crippen molar-refractivity contribution in [2.45, 2.75) is 25.7 Å². The minimum Gasteiger partial charge on any atom is -0.377 e. The van der Waals surface area contributed by atoms with Crippen molar-refractivity contribution in [3.63, 3.8) is 0 Å². The highest BCUT2D eigenvalue weighted by Gasteiger charge is 2.18. The van der Waals surface area contributed by atoms with E-state index in [0.717, 1.165) is 32.3 Å². The summed E-state index contributed by atoms with van der Waals surface area (Å²) in [7, 11) is 0. The lowest BCUT2D eigenvalue weighted by atomic mass is 9.89. The Labute approximate surface area is 73.6 Å². The average Bonchev–Trinajstić information content (AvgIpc) is 2.09. The maximum Gasteiger partial charge on any atom is 0.132 e. The van der Waals surface area contributed by atoms with Crippen molar-refractivity contribution < 1.29 is 9.53 Å². The molecule has 0 heterocycles. The lowest BCUT2D eigenvalue weighted by molar-refractivity contribution is -0.121. The van der Waals surface area contributed by atoms with Gasteiger partial charge in [0.05, 0.1) is 6.61 Å². The monoisotopic (exact) mass is 168 g/mol. The summed E-state index contributed by atoms with van der Waals surface area (Å²) in [4.78, 5) is 10.9. The van der Waals surface area contributed by atoms with E-state index in [4.69, 9.17) is 4.74 Å². The second kappa shape index (κ2) is 5.09. The van der Waals surface area contributed by atoms with Crippen LogP contribution < -0.4 is 0 Å². The predicted octanol–water partition coefficient (Wildman–Crippen LogP) is 1.95. The van der Waals surface area contributed by atoms with Gasteiger partial charge in [0, 0.05) is 19.4 Å². The molecule has 0 aromatic heterocycles. The molecule has 0 saturated heterocycles. The van der Waals surface area contributed by atoms with Crippen LogP contribution in [-0.4, -0.2) is 19.0 Å². The van der Waals surface area contributed by atoms with Gasteiger partial charge < -0.3 is 4.74 Å². The van der Waals surface area contributed by atoms with Crippen molar-refractivity contribution in [1.29, 1.82) is 0 Å². The Morgan fingerprint density at radius 2 is 2.17 bits per heavy atom. The van der Waals surface area contributed by atoms with E-state index >= 15 is 0 Å². The number of hydrogen-bond acceptors (Lipinski definition) is 2. The van der Waals surface area contributed by atoms with Crippen molar-refractivity contribution >= 4 is 5.78 Å². The molecule has 0 amide bonds. The van der Waals surface area contributed by atoms with Gasteiger partial charge >= 0.3 is 0 Å². The van der Waals surface area contributed by atoms with Gasteiger partial charge in [0.2, 0.25) is 0 Å². The van der Waals surface area contributed by atoms with Crippen LogP contribution in [0.4, 0.5) is 0 Å². The number of ketones is 1. The maximum absolute atomic E-state index is 10.9. The average molecular weight is 168 g/mol. The van der Waals surface area contributed by atoms with E-state index in [2.05, 4.69) is 6.58 Å². The molecule has 0 aliphatic heterocycles. The number of carbonyl (C=O) groups is 1. The van der Waals surface area contributed by atoms with E-state index in [1.165, 1.54) is 0 Å². The molecular formula is C10H16O2. The normalized spacial score (nSPS) is 19.5. The second-order valence-corrected chi connectivity index (χ2v) is 3.31. The Balaban J connectivity index is 2.09. The Morgan fingerprint density at radius 3 is 2.75 bits per heavy atom. The molecule has 2 nitrogen and oxygen atoms in total. The van der Waals surface area contributed by atoms with Crippen LogP contribution >= 0.6 is 0 Å². The highest BCUT2D eigenvalue weighted by Crippen LogP contribution is 2.21. The molecule has 0 aromatic rings. The first-order valence-corrected chi connectivity index (χ1v) is 4.53. The fourth-order valence-corrected chi connectivity index (χ4v) is 1.48. The van der Waals surface area contributed by atoms with Crippen molar-refractivity contribution in [1.82, 2.24) is 0 Å². The number of Topliss-reactive ketones (excluding diaryl/α,β-unsaturated/α-hetero) is 1. The standard InChI is InChI=1S/C10H16O2/c1-2-7-12-8-9-3-5-10(11)6-4-9/h2,9H,1,3-8H2. The number of ether oxygens (including phenoxy) is 1. The molecule has 1 aliphatic carbocycles. The smallest absolute Gasteiger partial charge is 0.132 e. The number of hydrogen-bond donors (Lipinski definition) is 0. The van der Waals surface area contributed by atoms with Gasteiger partial charge in [-0.15, -0.1) is 6.58 Å². The first kappa shape index (κ1) is 9.46. The largest absolute Gasteiger partial charge is 0.377 e. The van der Waals surface area contributed by atoms with Crippen LogP contribution in [0.1, 0.15) is 25.7 Å². The molecule has 12 heavy (non-hydrogen) atoms. The Hall–Kier alpha value is -0.630. The van der Waals surface area contributed by atoms with E-state index in [1.54, 1.807) is 6.08 Å². The molecule has 0 radical (unpaired) electrons. The lowest BCUT2D eigenvalue weighted by Crippen LogP contribution is -2.18. The van der Waals surface area contributed by atoms with Crippen LogP contribution in [0.15, 0.2) is 12.7 Å². The van der Waals surface area contributed by atoms with Crippen LogP contribution in [0.3, 0.4) is 0 Å². The fourth-order valence-electron chi connectivity index (χ4n) is 1.48. The van der Waals surface area contributed by atoms with Crippen molar-refractivity contribution in [2.75, 3.05) is 13.2 Å². The highest BCUT2D eigenvalue weighted by molar-refractivity contribution is 5.78. The van der Waals surface area contributed by atoms with Crippen LogP contribution in [-0.2, 0) is 9.53 Å². The van der Waals surface area contributed by atoms with E-state index in [-0.39, 0.29) is 0 Å². The van der Waals surface area contributed by atoms with E-state index in [0.29, 0.717) is 18.3 Å². The van der Waals surface area contributed by atoms with Crippen molar-refractivity contribution in [3.05, 3.63) is 12.7 Å². The van der Waals surface area contributed by atoms with Gasteiger partial charge in [0.1, 0.15) is 5.78 Å². The first-order chi connectivity index (χ1) is 5.83. The Morgan fingerprint density at radius 1 is 1.50 bits per heavy atom. The minimum absolute atomic E-state index is 0.412. The molecule has 0 aromatic carbocycles.